The second kappa shape index (κ2) is 8.26. The van der Waals surface area contributed by atoms with E-state index in [1.165, 1.54) is 15.3 Å². The van der Waals surface area contributed by atoms with Gasteiger partial charge in [-0.1, -0.05) is 26.0 Å². The van der Waals surface area contributed by atoms with Gasteiger partial charge in [0.25, 0.3) is 0 Å². The van der Waals surface area contributed by atoms with Crippen LogP contribution >= 0.6 is 11.3 Å². The minimum atomic E-state index is 0.534. The summed E-state index contributed by atoms with van der Waals surface area (Å²) in [4.78, 5) is 13.9. The molecule has 0 spiro atoms. The Kier molecular flexibility index (Phi) is 5.56. The smallest absolute Gasteiger partial charge is 0.163 e. The molecular weight excluding hydrogens is 366 g/mol. The number of benzene rings is 1. The number of para-hydroxylation sites is 1. The molecule has 0 saturated carbocycles. The molecule has 5 nitrogen and oxygen atoms in total. The van der Waals surface area contributed by atoms with Crippen LogP contribution in [0.3, 0.4) is 0 Å². The van der Waals surface area contributed by atoms with E-state index in [0.717, 1.165) is 50.3 Å². The number of nitrogens with zero attached hydrogens (tertiary/aromatic N) is 5. The number of fused-ring (bicyclic) bond motifs is 1. The summed E-state index contributed by atoms with van der Waals surface area (Å²) < 4.78 is 1.25. The predicted octanol–water partition coefficient (Wildman–Crippen LogP) is 4.08. The predicted molar refractivity (Wildman–Crippen MR) is 115 cm³/mol. The highest BCUT2D eigenvalue weighted by molar-refractivity contribution is 7.18. The molecule has 0 unspecified atom stereocenters. The van der Waals surface area contributed by atoms with Gasteiger partial charge in [0.2, 0.25) is 0 Å². The van der Waals surface area contributed by atoms with Crippen molar-refractivity contribution in [1.82, 2.24) is 14.9 Å². The first-order chi connectivity index (χ1) is 13.6. The Morgan fingerprint density at radius 1 is 1.18 bits per heavy atom. The van der Waals surface area contributed by atoms with Crippen LogP contribution in [-0.4, -0.2) is 41.0 Å². The molecule has 1 aromatic carbocycles. The highest BCUT2D eigenvalue weighted by Crippen LogP contribution is 2.25. The molecule has 3 aromatic rings. The molecule has 3 heterocycles. The van der Waals surface area contributed by atoms with Crippen LogP contribution in [0.15, 0.2) is 36.5 Å². The first-order valence-corrected chi connectivity index (χ1v) is 10.6. The van der Waals surface area contributed by atoms with Crippen molar-refractivity contribution in [2.45, 2.75) is 26.8 Å². The lowest BCUT2D eigenvalue weighted by Crippen LogP contribution is -2.46. The highest BCUT2D eigenvalue weighted by atomic mass is 32.1. The van der Waals surface area contributed by atoms with Gasteiger partial charge in [-0.25, -0.2) is 9.97 Å². The molecule has 0 amide bonds. The molecule has 4 rings (SSSR count). The number of pyridine rings is 1. The number of aromatic nitrogens is 2. The Balaban J connectivity index is 1.43. The number of rotatable bonds is 5. The average Bonchev–Trinajstić information content (AvgIpc) is 3.10. The summed E-state index contributed by atoms with van der Waals surface area (Å²) in [6, 6.07) is 12.7. The third-order valence-corrected chi connectivity index (χ3v) is 6.11. The van der Waals surface area contributed by atoms with Gasteiger partial charge in [-0.3, -0.25) is 4.90 Å². The maximum atomic E-state index is 9.48. The topological polar surface area (TPSA) is 56.1 Å². The van der Waals surface area contributed by atoms with Gasteiger partial charge in [0.1, 0.15) is 11.1 Å². The number of thiazole rings is 1. The van der Waals surface area contributed by atoms with Crippen molar-refractivity contribution in [2.24, 2.45) is 5.92 Å². The van der Waals surface area contributed by atoms with Crippen LogP contribution in [0.2, 0.25) is 0 Å². The van der Waals surface area contributed by atoms with E-state index in [-0.39, 0.29) is 0 Å². The molecule has 0 N–H and O–H groups in total. The molecule has 1 aliphatic heterocycles. The van der Waals surface area contributed by atoms with Crippen LogP contribution < -0.4 is 4.90 Å². The first-order valence-electron chi connectivity index (χ1n) is 9.83. The van der Waals surface area contributed by atoms with E-state index in [2.05, 4.69) is 59.0 Å². The van der Waals surface area contributed by atoms with Gasteiger partial charge >= 0.3 is 0 Å². The van der Waals surface area contributed by atoms with Crippen LogP contribution in [-0.2, 0) is 13.0 Å². The Morgan fingerprint density at radius 2 is 1.96 bits per heavy atom. The van der Waals surface area contributed by atoms with Crippen LogP contribution in [0.25, 0.3) is 10.2 Å². The van der Waals surface area contributed by atoms with Crippen molar-refractivity contribution >= 4 is 27.2 Å². The molecule has 6 heteroatoms. The summed E-state index contributed by atoms with van der Waals surface area (Å²) in [6.07, 6.45) is 2.84. The fourth-order valence-corrected chi connectivity index (χ4v) is 4.74. The minimum Gasteiger partial charge on any atom is -0.367 e. The summed E-state index contributed by atoms with van der Waals surface area (Å²) in [5, 5.41) is 10.7. The van der Waals surface area contributed by atoms with Gasteiger partial charge in [-0.05, 0) is 36.1 Å². The van der Waals surface area contributed by atoms with Gasteiger partial charge in [0.05, 0.1) is 22.4 Å². The van der Waals surface area contributed by atoms with E-state index in [0.29, 0.717) is 11.6 Å². The number of anilines is 1. The highest BCUT2D eigenvalue weighted by Gasteiger charge is 2.21. The largest absolute Gasteiger partial charge is 0.367 e. The van der Waals surface area contributed by atoms with Gasteiger partial charge in [-0.15, -0.1) is 11.3 Å². The van der Waals surface area contributed by atoms with Crippen LogP contribution in [0.1, 0.15) is 30.1 Å². The minimum absolute atomic E-state index is 0.534. The number of hydrogen-bond donors (Lipinski definition) is 0. The molecule has 144 valence electrons. The second-order valence-electron chi connectivity index (χ2n) is 7.76. The van der Waals surface area contributed by atoms with Crippen LogP contribution in [0, 0.1) is 17.2 Å². The van der Waals surface area contributed by atoms with E-state index in [1.807, 2.05) is 12.3 Å². The van der Waals surface area contributed by atoms with Gasteiger partial charge < -0.3 is 4.90 Å². The molecule has 1 fully saturated rings. The van der Waals surface area contributed by atoms with Crippen molar-refractivity contribution in [1.29, 1.82) is 5.26 Å². The van der Waals surface area contributed by atoms with E-state index in [9.17, 15) is 5.26 Å². The zero-order chi connectivity index (χ0) is 19.5. The van der Waals surface area contributed by atoms with E-state index in [4.69, 9.17) is 4.98 Å². The quantitative estimate of drug-likeness (QED) is 0.656. The lowest BCUT2D eigenvalue weighted by Gasteiger charge is -2.36. The van der Waals surface area contributed by atoms with Gasteiger partial charge in [0, 0.05) is 32.4 Å². The molecule has 1 aliphatic rings. The third-order valence-electron chi connectivity index (χ3n) is 5.08. The summed E-state index contributed by atoms with van der Waals surface area (Å²) >= 11 is 1.78. The van der Waals surface area contributed by atoms with E-state index in [1.54, 1.807) is 11.3 Å². The maximum Gasteiger partial charge on any atom is 0.163 e. The zero-order valence-electron chi connectivity index (χ0n) is 16.4. The fourth-order valence-electron chi connectivity index (χ4n) is 3.73. The number of nitriles is 1. The van der Waals surface area contributed by atoms with Crippen LogP contribution in [0.5, 0.6) is 0 Å². The summed E-state index contributed by atoms with van der Waals surface area (Å²) in [5.74, 6) is 0.577. The lowest BCUT2D eigenvalue weighted by atomic mass is 10.0. The Hall–Kier alpha value is -2.49. The fraction of sp³-hybridized carbons (Fsp3) is 0.409. The molecular formula is C22H25N5S. The third kappa shape index (κ3) is 4.16. The first kappa shape index (κ1) is 18.9. The molecule has 2 aromatic heterocycles. The van der Waals surface area contributed by atoms with Crippen LogP contribution in [0.4, 0.5) is 5.69 Å². The number of hydrogen-bond acceptors (Lipinski definition) is 6. The average molecular weight is 392 g/mol. The van der Waals surface area contributed by atoms with E-state index >= 15 is 0 Å². The van der Waals surface area contributed by atoms with Crippen molar-refractivity contribution in [3.63, 3.8) is 0 Å². The van der Waals surface area contributed by atoms with Crippen molar-refractivity contribution < 1.29 is 0 Å². The molecule has 0 radical (unpaired) electrons. The summed E-state index contributed by atoms with van der Waals surface area (Å²) in [6.45, 7) is 9.06. The number of piperazine rings is 1. The lowest BCUT2D eigenvalue weighted by molar-refractivity contribution is 0.249. The second-order valence-corrected chi connectivity index (χ2v) is 8.87. The van der Waals surface area contributed by atoms with Gasteiger partial charge in [0.15, 0.2) is 5.69 Å². The van der Waals surface area contributed by atoms with Crippen molar-refractivity contribution in [3.05, 3.63) is 52.8 Å². The zero-order valence-corrected chi connectivity index (χ0v) is 17.2. The molecule has 28 heavy (non-hydrogen) atoms. The molecule has 0 aliphatic carbocycles. The van der Waals surface area contributed by atoms with E-state index < -0.39 is 0 Å². The Morgan fingerprint density at radius 3 is 2.68 bits per heavy atom. The summed E-state index contributed by atoms with van der Waals surface area (Å²) in [7, 11) is 0. The molecule has 0 atom stereocenters. The SMILES string of the molecule is CC(C)Cc1cnc(C#N)c(N2CCN(Cc3nc4ccccc4s3)CC2)c1. The molecule has 1 saturated heterocycles. The molecule has 0 bridgehead atoms. The Labute approximate surface area is 170 Å². The Bertz CT molecular complexity index is 963. The standard InChI is InChI=1S/C22H25N5S/c1-16(2)11-17-12-20(19(13-23)24-14-17)27-9-7-26(8-10-27)15-22-25-18-5-3-4-6-21(18)28-22/h3-6,12,14,16H,7-11,15H2,1-2H3. The van der Waals surface area contributed by atoms with Crippen molar-refractivity contribution in [2.75, 3.05) is 31.1 Å². The maximum absolute atomic E-state index is 9.48. The normalized spacial score (nSPS) is 15.3. The summed E-state index contributed by atoms with van der Waals surface area (Å²) in [5.41, 5.74) is 3.82. The van der Waals surface area contributed by atoms with Gasteiger partial charge in [-0.2, -0.15) is 5.26 Å². The van der Waals surface area contributed by atoms with Crippen molar-refractivity contribution in [3.8, 4) is 6.07 Å². The monoisotopic (exact) mass is 391 g/mol.